The smallest absolute Gasteiger partial charge is 0.341 e. The monoisotopic (exact) mass is 491 g/mol. The molecule has 2 aromatic carbocycles. The lowest BCUT2D eigenvalue weighted by molar-refractivity contribution is -0.119. The van der Waals surface area contributed by atoms with Crippen LogP contribution in [-0.2, 0) is 27.1 Å². The highest BCUT2D eigenvalue weighted by atomic mass is 32.1. The number of rotatable bonds is 7. The predicted octanol–water partition coefficient (Wildman–Crippen LogP) is 4.69. The van der Waals surface area contributed by atoms with Gasteiger partial charge in [-0.1, -0.05) is 55.5 Å². The van der Waals surface area contributed by atoms with E-state index in [0.29, 0.717) is 22.0 Å². The van der Waals surface area contributed by atoms with Crippen molar-refractivity contribution in [3.05, 3.63) is 87.3 Å². The van der Waals surface area contributed by atoms with Crippen molar-refractivity contribution < 1.29 is 28.7 Å². The molecule has 0 radical (unpaired) electrons. The maximum atomic E-state index is 12.9. The van der Waals surface area contributed by atoms with Crippen molar-refractivity contribution in [3.63, 3.8) is 0 Å². The van der Waals surface area contributed by atoms with Crippen molar-refractivity contribution in [2.45, 2.75) is 26.2 Å². The summed E-state index contributed by atoms with van der Waals surface area (Å²) in [5.74, 6) is -1.69. The van der Waals surface area contributed by atoms with Crippen molar-refractivity contribution in [1.29, 1.82) is 0 Å². The highest BCUT2D eigenvalue weighted by Crippen LogP contribution is 2.40. The van der Waals surface area contributed by atoms with Crippen molar-refractivity contribution in [2.24, 2.45) is 5.92 Å². The van der Waals surface area contributed by atoms with E-state index in [1.807, 2.05) is 0 Å². The summed E-state index contributed by atoms with van der Waals surface area (Å²) < 4.78 is 10.2. The largest absolute Gasteiger partial charge is 0.465 e. The van der Waals surface area contributed by atoms with Crippen LogP contribution < -0.4 is 5.32 Å². The van der Waals surface area contributed by atoms with Crippen molar-refractivity contribution in [3.8, 4) is 0 Å². The minimum Gasteiger partial charge on any atom is -0.465 e. The number of carbonyl (C=O) groups is 4. The van der Waals surface area contributed by atoms with Gasteiger partial charge in [-0.25, -0.2) is 9.59 Å². The maximum Gasteiger partial charge on any atom is 0.341 e. The number of hydrogen-bond acceptors (Lipinski definition) is 7. The highest BCUT2D eigenvalue weighted by molar-refractivity contribution is 7.17. The van der Waals surface area contributed by atoms with Crippen molar-refractivity contribution >= 4 is 40.0 Å². The van der Waals surface area contributed by atoms with Crippen LogP contribution in [0.15, 0.2) is 54.6 Å². The molecule has 1 heterocycles. The van der Waals surface area contributed by atoms with Crippen molar-refractivity contribution in [1.82, 2.24) is 0 Å². The van der Waals surface area contributed by atoms with Gasteiger partial charge in [-0.15, -0.1) is 11.3 Å². The van der Waals surface area contributed by atoms with E-state index in [0.717, 1.165) is 29.7 Å². The highest BCUT2D eigenvalue weighted by Gasteiger charge is 2.29. The number of nitrogens with one attached hydrogen (secondary N) is 1. The normalized spacial score (nSPS) is 14.5. The zero-order valence-corrected chi connectivity index (χ0v) is 20.3. The van der Waals surface area contributed by atoms with E-state index in [9.17, 15) is 19.2 Å². The second-order valence-electron chi connectivity index (χ2n) is 8.41. The first-order valence-corrected chi connectivity index (χ1v) is 12.1. The molecule has 0 bridgehead atoms. The number of carbonyl (C=O) groups excluding carboxylic acids is 4. The molecular weight excluding hydrogens is 466 g/mol. The molecule has 0 fully saturated rings. The Bertz CT molecular complexity index is 1280. The van der Waals surface area contributed by atoms with E-state index in [2.05, 4.69) is 12.2 Å². The molecule has 7 nitrogen and oxygen atoms in total. The molecular formula is C27H25NO6S. The summed E-state index contributed by atoms with van der Waals surface area (Å²) in [6, 6.07) is 14.9. The number of fused-ring (bicyclic) bond motifs is 1. The number of ketones is 1. The fraction of sp³-hybridized carbons (Fsp3) is 0.259. The van der Waals surface area contributed by atoms with Crippen molar-refractivity contribution in [2.75, 3.05) is 19.0 Å². The molecule has 1 aromatic heterocycles. The summed E-state index contributed by atoms with van der Waals surface area (Å²) in [6.45, 7) is 1.59. The Morgan fingerprint density at radius 2 is 1.66 bits per heavy atom. The van der Waals surface area contributed by atoms with E-state index >= 15 is 0 Å². The van der Waals surface area contributed by atoms with E-state index in [1.54, 1.807) is 48.5 Å². The lowest BCUT2D eigenvalue weighted by Gasteiger charge is -2.18. The third kappa shape index (κ3) is 5.33. The fourth-order valence-corrected chi connectivity index (χ4v) is 5.55. The second kappa shape index (κ2) is 10.7. The molecule has 4 rings (SSSR count). The minimum absolute atomic E-state index is 0.0741. The molecule has 0 spiro atoms. The van der Waals surface area contributed by atoms with Crippen LogP contribution in [0, 0.1) is 5.92 Å². The number of hydrogen-bond donors (Lipinski definition) is 1. The molecule has 3 aromatic rings. The lowest BCUT2D eigenvalue weighted by atomic mass is 9.88. The number of anilines is 1. The average Bonchev–Trinajstić information content (AvgIpc) is 3.23. The molecule has 35 heavy (non-hydrogen) atoms. The van der Waals surface area contributed by atoms with Gasteiger partial charge in [0, 0.05) is 16.0 Å². The molecule has 1 atom stereocenters. The number of benzene rings is 2. The Balaban J connectivity index is 1.47. The van der Waals surface area contributed by atoms with Gasteiger partial charge in [-0.3, -0.25) is 9.59 Å². The van der Waals surface area contributed by atoms with Gasteiger partial charge in [0.15, 0.2) is 12.4 Å². The molecule has 1 aliphatic rings. The summed E-state index contributed by atoms with van der Waals surface area (Å²) in [6.07, 6.45) is 2.54. The van der Waals surface area contributed by atoms with Gasteiger partial charge in [0.1, 0.15) is 5.00 Å². The molecule has 0 saturated heterocycles. The van der Waals surface area contributed by atoms with Crippen LogP contribution in [0.4, 0.5) is 5.00 Å². The molecule has 0 saturated carbocycles. The predicted molar refractivity (Wildman–Crippen MR) is 132 cm³/mol. The number of ether oxygens (including phenoxy) is 2. The Morgan fingerprint density at radius 1 is 0.971 bits per heavy atom. The lowest BCUT2D eigenvalue weighted by Crippen LogP contribution is -2.22. The molecule has 1 amide bonds. The number of esters is 2. The number of methoxy groups -OCH3 is 1. The van der Waals surface area contributed by atoms with Crippen LogP contribution in [0.2, 0.25) is 0 Å². The van der Waals surface area contributed by atoms with Gasteiger partial charge in [0.05, 0.1) is 18.2 Å². The number of amides is 1. The molecule has 1 N–H and O–H groups in total. The first-order valence-electron chi connectivity index (χ1n) is 11.3. The van der Waals surface area contributed by atoms with Crippen LogP contribution >= 0.6 is 11.3 Å². The van der Waals surface area contributed by atoms with Crippen LogP contribution in [-0.4, -0.2) is 37.3 Å². The van der Waals surface area contributed by atoms with E-state index in [4.69, 9.17) is 9.47 Å². The molecule has 8 heteroatoms. The molecule has 0 unspecified atom stereocenters. The third-order valence-corrected chi connectivity index (χ3v) is 7.09. The first kappa shape index (κ1) is 24.3. The molecule has 180 valence electrons. The quantitative estimate of drug-likeness (QED) is 0.380. The van der Waals surface area contributed by atoms with Gasteiger partial charge in [0.25, 0.3) is 5.91 Å². The Hall–Kier alpha value is -3.78. The third-order valence-electron chi connectivity index (χ3n) is 5.92. The number of thiophene rings is 1. The van der Waals surface area contributed by atoms with Gasteiger partial charge in [-0.05, 0) is 36.8 Å². The van der Waals surface area contributed by atoms with Gasteiger partial charge in [0.2, 0.25) is 0 Å². The summed E-state index contributed by atoms with van der Waals surface area (Å²) in [4.78, 5) is 51.7. The van der Waals surface area contributed by atoms with Gasteiger partial charge >= 0.3 is 11.9 Å². The minimum atomic E-state index is -0.785. The Kier molecular flexibility index (Phi) is 7.41. The summed E-state index contributed by atoms with van der Waals surface area (Å²) in [5.41, 5.74) is 2.00. The van der Waals surface area contributed by atoms with E-state index in [1.165, 1.54) is 24.5 Å². The summed E-state index contributed by atoms with van der Waals surface area (Å²) in [7, 11) is 1.30. The van der Waals surface area contributed by atoms with E-state index in [-0.39, 0.29) is 16.9 Å². The fourth-order valence-electron chi connectivity index (χ4n) is 4.13. The summed E-state index contributed by atoms with van der Waals surface area (Å²) >= 11 is 1.35. The first-order chi connectivity index (χ1) is 16.9. The van der Waals surface area contributed by atoms with Gasteiger partial charge in [-0.2, -0.15) is 0 Å². The van der Waals surface area contributed by atoms with Crippen LogP contribution in [0.3, 0.4) is 0 Å². The molecule has 1 aliphatic carbocycles. The zero-order valence-electron chi connectivity index (χ0n) is 19.5. The average molecular weight is 492 g/mol. The van der Waals surface area contributed by atoms with E-state index < -0.39 is 24.5 Å². The SMILES string of the molecule is COC(=O)c1c(NC(=O)COC(=O)c2ccccc2C(=O)c2ccccc2)sc2c1CC[C@@H](C)C2. The zero-order chi connectivity index (χ0) is 24.9. The van der Waals surface area contributed by atoms with Gasteiger partial charge < -0.3 is 14.8 Å². The maximum absolute atomic E-state index is 12.9. The van der Waals surface area contributed by atoms with Crippen LogP contribution in [0.25, 0.3) is 0 Å². The molecule has 0 aliphatic heterocycles. The Morgan fingerprint density at radius 3 is 2.37 bits per heavy atom. The standard InChI is InChI=1S/C27H25NO6S/c1-16-12-13-20-21(14-16)35-25(23(20)27(32)33-2)28-22(29)15-34-26(31)19-11-7-6-10-18(19)24(30)17-8-4-3-5-9-17/h3-11,16H,12-15H2,1-2H3,(H,28,29)/t16-/m1/s1. The van der Waals surface area contributed by atoms with Crippen LogP contribution in [0.5, 0.6) is 0 Å². The second-order valence-corrected chi connectivity index (χ2v) is 9.52. The Labute approximate surface area is 207 Å². The topological polar surface area (TPSA) is 98.8 Å². The summed E-state index contributed by atoms with van der Waals surface area (Å²) in [5, 5.41) is 3.10. The van der Waals surface area contributed by atoms with Crippen LogP contribution in [0.1, 0.15) is 60.4 Å².